The van der Waals surface area contributed by atoms with Crippen molar-refractivity contribution < 1.29 is 9.53 Å². The molecule has 5 heteroatoms. The Kier molecular flexibility index (Phi) is 3.28. The van der Waals surface area contributed by atoms with Crippen molar-refractivity contribution in [3.05, 3.63) is 4.88 Å². The van der Waals surface area contributed by atoms with Crippen molar-refractivity contribution in [3.8, 4) is 5.75 Å². The number of rotatable bonds is 5. The number of carbonyl (C=O) groups excluding carboxylic acids is 1. The summed E-state index contributed by atoms with van der Waals surface area (Å²) < 4.78 is 5.32. The van der Waals surface area contributed by atoms with Crippen molar-refractivity contribution in [1.82, 2.24) is 0 Å². The number of anilines is 2. The molecular weight excluding hydrogens is 236 g/mol. The van der Waals surface area contributed by atoms with Gasteiger partial charge in [-0.05, 0) is 18.8 Å². The van der Waals surface area contributed by atoms with E-state index in [1.54, 1.807) is 7.11 Å². The minimum absolute atomic E-state index is 0.00290. The summed E-state index contributed by atoms with van der Waals surface area (Å²) in [6, 6.07) is 0. The highest BCUT2D eigenvalue weighted by Crippen LogP contribution is 2.45. The predicted molar refractivity (Wildman–Crippen MR) is 71.3 cm³/mol. The van der Waals surface area contributed by atoms with Crippen LogP contribution in [-0.2, 0) is 0 Å². The Bertz CT molecular complexity index is 438. The second-order valence-corrected chi connectivity index (χ2v) is 5.56. The Hall–Kier alpha value is -1.23. The maximum absolute atomic E-state index is 11.5. The van der Waals surface area contributed by atoms with Crippen LogP contribution in [0.3, 0.4) is 0 Å². The predicted octanol–water partition coefficient (Wildman–Crippen LogP) is 2.39. The molecule has 0 spiro atoms. The Morgan fingerprint density at radius 2 is 2.24 bits per heavy atom. The molecule has 1 fully saturated rings. The van der Waals surface area contributed by atoms with Crippen LogP contribution >= 0.6 is 11.3 Å². The van der Waals surface area contributed by atoms with Crippen molar-refractivity contribution in [2.24, 2.45) is 5.92 Å². The van der Waals surface area contributed by atoms with Crippen molar-refractivity contribution in [2.75, 3.05) is 31.3 Å². The van der Waals surface area contributed by atoms with E-state index in [0.29, 0.717) is 16.3 Å². The molecule has 1 saturated carbocycles. The molecule has 1 aromatic heterocycles. The maximum Gasteiger partial charge on any atom is 0.177 e. The highest BCUT2D eigenvalue weighted by molar-refractivity contribution is 7.19. The fraction of sp³-hybridized carbons (Fsp3) is 0.583. The van der Waals surface area contributed by atoms with E-state index in [1.807, 2.05) is 7.05 Å². The van der Waals surface area contributed by atoms with E-state index < -0.39 is 0 Å². The van der Waals surface area contributed by atoms with Gasteiger partial charge in [0.15, 0.2) is 11.5 Å². The zero-order valence-electron chi connectivity index (χ0n) is 10.4. The lowest BCUT2D eigenvalue weighted by Crippen LogP contribution is -2.19. The molecular formula is C12H18N2O2S. The topological polar surface area (TPSA) is 55.6 Å². The van der Waals surface area contributed by atoms with Crippen LogP contribution < -0.4 is 15.4 Å². The van der Waals surface area contributed by atoms with Gasteiger partial charge in [-0.3, -0.25) is 4.79 Å². The molecule has 17 heavy (non-hydrogen) atoms. The number of nitrogen functional groups attached to an aromatic ring is 1. The summed E-state index contributed by atoms with van der Waals surface area (Å²) in [5, 5.41) is 0.960. The average Bonchev–Trinajstić information content (AvgIpc) is 3.00. The quantitative estimate of drug-likeness (QED) is 0.820. The van der Waals surface area contributed by atoms with Gasteiger partial charge in [-0.25, -0.2) is 0 Å². The molecule has 0 saturated heterocycles. The summed E-state index contributed by atoms with van der Waals surface area (Å²) in [5.41, 5.74) is 6.41. The lowest BCUT2D eigenvalue weighted by Gasteiger charge is -2.18. The van der Waals surface area contributed by atoms with E-state index >= 15 is 0 Å². The zero-order valence-corrected chi connectivity index (χ0v) is 11.3. The van der Waals surface area contributed by atoms with Gasteiger partial charge in [0.1, 0.15) is 5.00 Å². The van der Waals surface area contributed by atoms with Crippen LogP contribution in [0.25, 0.3) is 0 Å². The lowest BCUT2D eigenvalue weighted by atomic mass is 10.3. The van der Waals surface area contributed by atoms with E-state index in [9.17, 15) is 4.79 Å². The second-order valence-electron chi connectivity index (χ2n) is 4.56. The summed E-state index contributed by atoms with van der Waals surface area (Å²) >= 11 is 1.42. The Labute approximate surface area is 105 Å². The van der Waals surface area contributed by atoms with Crippen LogP contribution in [0.15, 0.2) is 0 Å². The fourth-order valence-electron chi connectivity index (χ4n) is 1.90. The van der Waals surface area contributed by atoms with Gasteiger partial charge in [-0.1, -0.05) is 0 Å². The average molecular weight is 254 g/mol. The third-order valence-electron chi connectivity index (χ3n) is 2.98. The summed E-state index contributed by atoms with van der Waals surface area (Å²) in [6.07, 6.45) is 2.60. The molecule has 2 N–H and O–H groups in total. The first-order valence-electron chi connectivity index (χ1n) is 5.73. The number of methoxy groups -OCH3 is 1. The number of hydrogen-bond acceptors (Lipinski definition) is 5. The number of carbonyl (C=O) groups is 1. The van der Waals surface area contributed by atoms with Crippen molar-refractivity contribution in [3.63, 3.8) is 0 Å². The lowest BCUT2D eigenvalue weighted by molar-refractivity contribution is 0.102. The highest BCUT2D eigenvalue weighted by atomic mass is 32.1. The van der Waals surface area contributed by atoms with Crippen molar-refractivity contribution in [1.29, 1.82) is 0 Å². The van der Waals surface area contributed by atoms with Crippen LogP contribution in [0.2, 0.25) is 0 Å². The van der Waals surface area contributed by atoms with Gasteiger partial charge in [0.05, 0.1) is 17.7 Å². The summed E-state index contributed by atoms with van der Waals surface area (Å²) in [5.74, 6) is 1.43. The number of thiophene rings is 1. The number of hydrogen-bond donors (Lipinski definition) is 1. The van der Waals surface area contributed by atoms with E-state index in [-0.39, 0.29) is 5.78 Å². The van der Waals surface area contributed by atoms with Gasteiger partial charge in [-0.15, -0.1) is 11.3 Å². The monoisotopic (exact) mass is 254 g/mol. The minimum Gasteiger partial charge on any atom is -0.492 e. The SMILES string of the molecule is COc1c(N(C)CC2CC2)sc(C(C)=O)c1N. The molecule has 1 aliphatic rings. The van der Waals surface area contributed by atoms with Gasteiger partial charge < -0.3 is 15.4 Å². The third kappa shape index (κ3) is 2.39. The van der Waals surface area contributed by atoms with Crippen LogP contribution in [0.5, 0.6) is 5.75 Å². The van der Waals surface area contributed by atoms with Gasteiger partial charge in [-0.2, -0.15) is 0 Å². The number of Topliss-reactive ketones (excluding diaryl/α,β-unsaturated/α-hetero) is 1. The highest BCUT2D eigenvalue weighted by Gasteiger charge is 2.27. The molecule has 0 amide bonds. The van der Waals surface area contributed by atoms with Crippen LogP contribution in [0.4, 0.5) is 10.7 Å². The largest absolute Gasteiger partial charge is 0.492 e. The first-order valence-corrected chi connectivity index (χ1v) is 6.54. The second kappa shape index (κ2) is 4.56. The van der Waals surface area contributed by atoms with Crippen LogP contribution in [-0.4, -0.2) is 26.5 Å². The number of nitrogens with two attached hydrogens (primary N) is 1. The van der Waals surface area contributed by atoms with Crippen LogP contribution in [0.1, 0.15) is 29.4 Å². The zero-order chi connectivity index (χ0) is 12.6. The Balaban J connectivity index is 2.30. The van der Waals surface area contributed by atoms with Gasteiger partial charge in [0.25, 0.3) is 0 Å². The molecule has 0 bridgehead atoms. The Morgan fingerprint density at radius 1 is 1.59 bits per heavy atom. The smallest absolute Gasteiger partial charge is 0.177 e. The van der Waals surface area contributed by atoms with Gasteiger partial charge in [0.2, 0.25) is 0 Å². The van der Waals surface area contributed by atoms with E-state index in [1.165, 1.54) is 31.1 Å². The van der Waals surface area contributed by atoms with Crippen molar-refractivity contribution in [2.45, 2.75) is 19.8 Å². The summed E-state index contributed by atoms with van der Waals surface area (Å²) in [7, 11) is 3.62. The molecule has 1 aromatic rings. The first kappa shape index (κ1) is 12.2. The van der Waals surface area contributed by atoms with Gasteiger partial charge in [0, 0.05) is 20.5 Å². The molecule has 2 rings (SSSR count). The van der Waals surface area contributed by atoms with Crippen molar-refractivity contribution >= 4 is 27.8 Å². The molecule has 1 aliphatic carbocycles. The molecule has 0 unspecified atom stereocenters. The number of ketones is 1. The summed E-state index contributed by atoms with van der Waals surface area (Å²) in [6.45, 7) is 2.54. The number of ether oxygens (including phenoxy) is 1. The van der Waals surface area contributed by atoms with E-state index in [4.69, 9.17) is 10.5 Å². The molecule has 4 nitrogen and oxygen atoms in total. The number of nitrogens with zero attached hydrogens (tertiary/aromatic N) is 1. The third-order valence-corrected chi connectivity index (χ3v) is 4.38. The molecule has 0 radical (unpaired) electrons. The maximum atomic E-state index is 11.5. The molecule has 0 aliphatic heterocycles. The first-order chi connectivity index (χ1) is 8.04. The fourth-order valence-corrected chi connectivity index (χ4v) is 2.95. The van der Waals surface area contributed by atoms with Crippen LogP contribution in [0, 0.1) is 5.92 Å². The normalized spacial score (nSPS) is 14.8. The minimum atomic E-state index is -0.00290. The molecule has 0 atom stereocenters. The van der Waals surface area contributed by atoms with E-state index in [0.717, 1.165) is 17.5 Å². The summed E-state index contributed by atoms with van der Waals surface area (Å²) in [4.78, 5) is 14.2. The standard InChI is InChI=1S/C12H18N2O2S/c1-7(15)11-9(13)10(16-3)12(17-11)14(2)6-8-4-5-8/h8H,4-6,13H2,1-3H3. The molecule has 0 aromatic carbocycles. The molecule has 1 heterocycles. The molecule has 94 valence electrons. The Morgan fingerprint density at radius 3 is 2.71 bits per heavy atom. The van der Waals surface area contributed by atoms with Gasteiger partial charge >= 0.3 is 0 Å². The van der Waals surface area contributed by atoms with E-state index in [2.05, 4.69) is 4.90 Å².